The van der Waals surface area contributed by atoms with E-state index >= 15 is 0 Å². The zero-order valence-electron chi connectivity index (χ0n) is 17.0. The molecule has 0 bridgehead atoms. The van der Waals surface area contributed by atoms with Gasteiger partial charge in [0.15, 0.2) is 0 Å². The Morgan fingerprint density at radius 1 is 0.889 bits per heavy atom. The Labute approximate surface area is 164 Å². The maximum absolute atomic E-state index is 13.1. The van der Waals surface area contributed by atoms with E-state index in [1.54, 1.807) is 0 Å². The Morgan fingerprint density at radius 2 is 1.41 bits per heavy atom. The topological polar surface area (TPSA) is 86.8 Å². The number of hydrogen-bond donors (Lipinski definition) is 1. The van der Waals surface area contributed by atoms with Crippen molar-refractivity contribution < 1.29 is 16.8 Å². The van der Waals surface area contributed by atoms with E-state index in [4.69, 9.17) is 0 Å². The summed E-state index contributed by atoms with van der Waals surface area (Å²) >= 11 is 0. The lowest BCUT2D eigenvalue weighted by molar-refractivity contribution is 0.237. The average Bonchev–Trinajstić information content (AvgIpc) is 2.53. The molecule has 0 saturated heterocycles. The van der Waals surface area contributed by atoms with Gasteiger partial charge >= 0.3 is 0 Å². The van der Waals surface area contributed by atoms with Gasteiger partial charge in [-0.15, -0.1) is 0 Å². The van der Waals surface area contributed by atoms with E-state index in [1.807, 2.05) is 13.8 Å². The summed E-state index contributed by atoms with van der Waals surface area (Å²) in [6.45, 7) is 11.0. The van der Waals surface area contributed by atoms with Crippen molar-refractivity contribution >= 4 is 25.7 Å². The Morgan fingerprint density at radius 3 is 1.81 bits per heavy atom. The fourth-order valence-electron chi connectivity index (χ4n) is 2.91. The molecule has 1 aromatic rings. The summed E-state index contributed by atoms with van der Waals surface area (Å²) in [4.78, 5) is 2.44. The summed E-state index contributed by atoms with van der Waals surface area (Å²) in [7, 11) is -7.06. The molecule has 7 nitrogen and oxygen atoms in total. The predicted octanol–water partition coefficient (Wildman–Crippen LogP) is 2.58. The molecule has 0 unspecified atom stereocenters. The Bertz CT molecular complexity index is 769. The molecule has 1 aromatic carbocycles. The van der Waals surface area contributed by atoms with E-state index in [0.717, 1.165) is 32.2 Å². The molecule has 0 amide bonds. The molecule has 0 aromatic heterocycles. The highest BCUT2D eigenvalue weighted by Crippen LogP contribution is 2.21. The van der Waals surface area contributed by atoms with Gasteiger partial charge in [0.2, 0.25) is 20.0 Å². The molecule has 1 rings (SSSR count). The van der Waals surface area contributed by atoms with Crippen LogP contribution in [0.2, 0.25) is 0 Å². The van der Waals surface area contributed by atoms with Gasteiger partial charge in [0.25, 0.3) is 0 Å². The van der Waals surface area contributed by atoms with Gasteiger partial charge in [0.1, 0.15) is 0 Å². The second-order valence-electron chi connectivity index (χ2n) is 6.95. The van der Waals surface area contributed by atoms with E-state index in [0.29, 0.717) is 18.8 Å². The van der Waals surface area contributed by atoms with Gasteiger partial charge in [-0.25, -0.2) is 16.8 Å². The Hall–Kier alpha value is -1.16. The van der Waals surface area contributed by atoms with Gasteiger partial charge in [0, 0.05) is 24.8 Å². The third kappa shape index (κ3) is 7.77. The van der Waals surface area contributed by atoms with Crippen LogP contribution in [0.15, 0.2) is 29.2 Å². The smallest absolute Gasteiger partial charge is 0.243 e. The predicted molar refractivity (Wildman–Crippen MR) is 111 cm³/mol. The van der Waals surface area contributed by atoms with E-state index in [1.165, 1.54) is 28.6 Å². The number of sulfonamides is 2. The quantitative estimate of drug-likeness (QED) is 0.563. The van der Waals surface area contributed by atoms with Crippen molar-refractivity contribution in [2.24, 2.45) is 0 Å². The SMILES string of the molecule is CCCN(CCC)CCN(C(C)C)S(=O)(=O)c1ccc(NS(C)(=O)=O)cc1. The fraction of sp³-hybridized carbons (Fsp3) is 0.667. The molecule has 0 aliphatic carbocycles. The van der Waals surface area contributed by atoms with Crippen molar-refractivity contribution in [2.75, 3.05) is 37.2 Å². The van der Waals surface area contributed by atoms with Crippen molar-refractivity contribution in [3.8, 4) is 0 Å². The van der Waals surface area contributed by atoms with Crippen molar-refractivity contribution in [1.82, 2.24) is 9.21 Å². The monoisotopic (exact) mass is 419 g/mol. The number of rotatable bonds is 12. The molecule has 0 saturated carbocycles. The Balaban J connectivity index is 2.98. The number of hydrogen-bond acceptors (Lipinski definition) is 5. The molecule has 9 heteroatoms. The van der Waals surface area contributed by atoms with Gasteiger partial charge in [-0.3, -0.25) is 4.72 Å². The van der Waals surface area contributed by atoms with Crippen molar-refractivity contribution in [3.05, 3.63) is 24.3 Å². The van der Waals surface area contributed by atoms with Gasteiger partial charge in [-0.05, 0) is 64.0 Å². The van der Waals surface area contributed by atoms with Crippen LogP contribution in [0.5, 0.6) is 0 Å². The van der Waals surface area contributed by atoms with Crippen LogP contribution in [-0.4, -0.2) is 64.5 Å². The van der Waals surface area contributed by atoms with Gasteiger partial charge < -0.3 is 4.90 Å². The summed E-state index contributed by atoms with van der Waals surface area (Å²) in [6, 6.07) is 5.64. The molecular weight excluding hydrogens is 386 g/mol. The van der Waals surface area contributed by atoms with Crippen molar-refractivity contribution in [1.29, 1.82) is 0 Å². The number of nitrogens with zero attached hydrogens (tertiary/aromatic N) is 2. The van der Waals surface area contributed by atoms with Gasteiger partial charge in [-0.1, -0.05) is 13.8 Å². The first-order chi connectivity index (χ1) is 12.5. The van der Waals surface area contributed by atoms with Crippen molar-refractivity contribution in [3.63, 3.8) is 0 Å². The molecule has 0 heterocycles. The van der Waals surface area contributed by atoms with Crippen LogP contribution in [0.4, 0.5) is 5.69 Å². The minimum atomic E-state index is -3.66. The third-order valence-electron chi connectivity index (χ3n) is 4.06. The lowest BCUT2D eigenvalue weighted by atomic mass is 10.3. The average molecular weight is 420 g/mol. The minimum Gasteiger partial charge on any atom is -0.302 e. The van der Waals surface area contributed by atoms with E-state index in [-0.39, 0.29) is 10.9 Å². The standard InChI is InChI=1S/C18H33N3O4S2/c1-6-12-20(13-7-2)14-15-21(16(3)4)27(24,25)18-10-8-17(9-11-18)19-26(5,22)23/h8-11,16,19H,6-7,12-15H2,1-5H3. The maximum atomic E-state index is 13.1. The van der Waals surface area contributed by atoms with Crippen LogP contribution in [0.1, 0.15) is 40.5 Å². The van der Waals surface area contributed by atoms with Crippen LogP contribution in [0.25, 0.3) is 0 Å². The van der Waals surface area contributed by atoms with E-state index in [9.17, 15) is 16.8 Å². The highest BCUT2D eigenvalue weighted by atomic mass is 32.2. The van der Waals surface area contributed by atoms with Crippen LogP contribution in [0, 0.1) is 0 Å². The third-order valence-corrected chi connectivity index (χ3v) is 6.75. The summed E-state index contributed by atoms with van der Waals surface area (Å²) in [6.07, 6.45) is 3.11. The molecule has 27 heavy (non-hydrogen) atoms. The minimum absolute atomic E-state index is 0.160. The molecule has 156 valence electrons. The highest BCUT2D eigenvalue weighted by molar-refractivity contribution is 7.92. The number of benzene rings is 1. The summed E-state index contributed by atoms with van der Waals surface area (Å²) in [5.74, 6) is 0. The number of nitrogens with one attached hydrogen (secondary N) is 1. The summed E-state index contributed by atoms with van der Waals surface area (Å²) < 4.78 is 52.6. The second kappa shape index (κ2) is 10.4. The highest BCUT2D eigenvalue weighted by Gasteiger charge is 2.27. The fourth-order valence-corrected chi connectivity index (χ4v) is 5.10. The molecule has 0 fully saturated rings. The Kier molecular flexibility index (Phi) is 9.20. The van der Waals surface area contributed by atoms with Crippen LogP contribution < -0.4 is 4.72 Å². The molecule has 0 aliphatic heterocycles. The second-order valence-corrected chi connectivity index (χ2v) is 10.6. The molecule has 0 atom stereocenters. The van der Waals surface area contributed by atoms with Crippen LogP contribution >= 0.6 is 0 Å². The first-order valence-corrected chi connectivity index (χ1v) is 12.7. The molecule has 0 radical (unpaired) electrons. The lowest BCUT2D eigenvalue weighted by Crippen LogP contribution is -2.42. The van der Waals surface area contributed by atoms with Gasteiger partial charge in [0.05, 0.1) is 11.2 Å². The summed E-state index contributed by atoms with van der Waals surface area (Å²) in [5.41, 5.74) is 0.338. The maximum Gasteiger partial charge on any atom is 0.243 e. The van der Waals surface area contributed by atoms with E-state index in [2.05, 4.69) is 23.5 Å². The first-order valence-electron chi connectivity index (χ1n) is 9.33. The molecule has 0 spiro atoms. The van der Waals surface area contributed by atoms with Crippen LogP contribution in [-0.2, 0) is 20.0 Å². The molecule has 1 N–H and O–H groups in total. The normalized spacial score (nSPS) is 12.9. The largest absolute Gasteiger partial charge is 0.302 e. The summed E-state index contributed by atoms with van der Waals surface area (Å²) in [5, 5.41) is 0. The molecular formula is C18H33N3O4S2. The van der Waals surface area contributed by atoms with E-state index < -0.39 is 20.0 Å². The van der Waals surface area contributed by atoms with Crippen LogP contribution in [0.3, 0.4) is 0 Å². The van der Waals surface area contributed by atoms with Gasteiger partial charge in [-0.2, -0.15) is 4.31 Å². The molecule has 0 aliphatic rings. The zero-order chi connectivity index (χ0) is 20.7. The zero-order valence-corrected chi connectivity index (χ0v) is 18.6. The first kappa shape index (κ1) is 23.9. The lowest BCUT2D eigenvalue weighted by Gasteiger charge is -2.29. The number of anilines is 1. The van der Waals surface area contributed by atoms with Crippen molar-refractivity contribution in [2.45, 2.75) is 51.5 Å².